The van der Waals surface area contributed by atoms with Crippen LogP contribution in [0.1, 0.15) is 11.3 Å². The Bertz CT molecular complexity index is 676. The Kier molecular flexibility index (Phi) is 4.53. The van der Waals surface area contributed by atoms with Gasteiger partial charge in [0.15, 0.2) is 0 Å². The highest BCUT2D eigenvalue weighted by Gasteiger charge is 2.11. The Morgan fingerprint density at radius 3 is 2.85 bits per heavy atom. The third-order valence-electron chi connectivity index (χ3n) is 2.53. The SMILES string of the molecule is NS(=O)(=O)c1ccc(CNC(=O)CCn2ccnc2)s1. The Hall–Kier alpha value is -1.71. The van der Waals surface area contributed by atoms with E-state index in [0.717, 1.165) is 16.2 Å². The number of nitrogens with one attached hydrogen (secondary N) is 1. The molecule has 7 nitrogen and oxygen atoms in total. The van der Waals surface area contributed by atoms with Crippen LogP contribution in [-0.4, -0.2) is 23.9 Å². The quantitative estimate of drug-likeness (QED) is 0.799. The lowest BCUT2D eigenvalue weighted by molar-refractivity contribution is -0.121. The molecule has 0 saturated heterocycles. The number of sulfonamides is 1. The molecule has 0 aliphatic carbocycles. The number of aromatic nitrogens is 2. The van der Waals surface area contributed by atoms with Crippen LogP contribution in [0.5, 0.6) is 0 Å². The van der Waals surface area contributed by atoms with E-state index in [4.69, 9.17) is 5.14 Å². The number of hydrogen-bond donors (Lipinski definition) is 2. The minimum absolute atomic E-state index is 0.0974. The zero-order valence-electron chi connectivity index (χ0n) is 10.5. The maximum atomic E-state index is 11.6. The zero-order valence-corrected chi connectivity index (χ0v) is 12.2. The van der Waals surface area contributed by atoms with Crippen LogP contribution in [0.3, 0.4) is 0 Å². The molecule has 0 saturated carbocycles. The van der Waals surface area contributed by atoms with Crippen molar-refractivity contribution in [1.29, 1.82) is 0 Å². The first kappa shape index (κ1) is 14.7. The van der Waals surface area contributed by atoms with E-state index in [2.05, 4.69) is 10.3 Å². The molecule has 0 spiro atoms. The topological polar surface area (TPSA) is 107 Å². The predicted octanol–water partition coefficient (Wildman–Crippen LogP) is 0.298. The number of primary sulfonamides is 1. The molecule has 3 N–H and O–H groups in total. The number of rotatable bonds is 6. The summed E-state index contributed by atoms with van der Waals surface area (Å²) in [5.74, 6) is -0.107. The van der Waals surface area contributed by atoms with Crippen molar-refractivity contribution in [3.63, 3.8) is 0 Å². The summed E-state index contributed by atoms with van der Waals surface area (Å²) in [4.78, 5) is 16.3. The van der Waals surface area contributed by atoms with Gasteiger partial charge < -0.3 is 9.88 Å². The van der Waals surface area contributed by atoms with Gasteiger partial charge in [-0.1, -0.05) is 0 Å². The van der Waals surface area contributed by atoms with Crippen LogP contribution in [0.4, 0.5) is 0 Å². The van der Waals surface area contributed by atoms with Crippen LogP contribution >= 0.6 is 11.3 Å². The number of carbonyl (C=O) groups is 1. The molecule has 0 unspecified atom stereocenters. The van der Waals surface area contributed by atoms with Crippen molar-refractivity contribution in [3.05, 3.63) is 35.7 Å². The largest absolute Gasteiger partial charge is 0.351 e. The maximum Gasteiger partial charge on any atom is 0.247 e. The van der Waals surface area contributed by atoms with Crippen molar-refractivity contribution < 1.29 is 13.2 Å². The van der Waals surface area contributed by atoms with Crippen LogP contribution in [-0.2, 0) is 27.9 Å². The van der Waals surface area contributed by atoms with Crippen LogP contribution in [0.15, 0.2) is 35.1 Å². The van der Waals surface area contributed by atoms with Gasteiger partial charge in [-0.3, -0.25) is 4.79 Å². The van der Waals surface area contributed by atoms with Gasteiger partial charge in [0.2, 0.25) is 15.9 Å². The molecule has 1 amide bonds. The molecule has 0 aliphatic rings. The first-order chi connectivity index (χ1) is 9.45. The van der Waals surface area contributed by atoms with E-state index in [1.807, 2.05) is 4.57 Å². The maximum absolute atomic E-state index is 11.6. The van der Waals surface area contributed by atoms with Gasteiger partial charge in [-0.2, -0.15) is 0 Å². The average molecular weight is 314 g/mol. The van der Waals surface area contributed by atoms with Crippen molar-refractivity contribution in [3.8, 4) is 0 Å². The van der Waals surface area contributed by atoms with E-state index in [1.54, 1.807) is 24.8 Å². The third kappa shape index (κ3) is 4.15. The first-order valence-electron chi connectivity index (χ1n) is 5.79. The van der Waals surface area contributed by atoms with E-state index in [9.17, 15) is 13.2 Å². The summed E-state index contributed by atoms with van der Waals surface area (Å²) in [5.41, 5.74) is 0. The number of carbonyl (C=O) groups excluding carboxylic acids is 1. The van der Waals surface area contributed by atoms with E-state index in [1.165, 1.54) is 6.07 Å². The number of nitrogens with two attached hydrogens (primary N) is 1. The molecule has 0 fully saturated rings. The monoisotopic (exact) mass is 314 g/mol. The minimum Gasteiger partial charge on any atom is -0.351 e. The lowest BCUT2D eigenvalue weighted by Gasteiger charge is -2.04. The van der Waals surface area contributed by atoms with Gasteiger partial charge in [0.25, 0.3) is 0 Å². The van der Waals surface area contributed by atoms with E-state index in [-0.39, 0.29) is 10.1 Å². The van der Waals surface area contributed by atoms with E-state index >= 15 is 0 Å². The van der Waals surface area contributed by atoms with Crippen LogP contribution < -0.4 is 10.5 Å². The number of nitrogens with zero attached hydrogens (tertiary/aromatic N) is 2. The molecule has 0 aliphatic heterocycles. The fraction of sp³-hybridized carbons (Fsp3) is 0.273. The fourth-order valence-corrected chi connectivity index (χ4v) is 3.25. The molecule has 0 radical (unpaired) electrons. The highest BCUT2D eigenvalue weighted by molar-refractivity contribution is 7.91. The van der Waals surface area contributed by atoms with Gasteiger partial charge in [-0.05, 0) is 12.1 Å². The standard InChI is InChI=1S/C11H14N4O3S2/c12-20(17,18)11-2-1-9(19-11)7-14-10(16)3-5-15-6-4-13-8-15/h1-2,4,6,8H,3,5,7H2,(H,14,16)(H2,12,17,18). The van der Waals surface area contributed by atoms with Crippen LogP contribution in [0.2, 0.25) is 0 Å². The Labute approximate surface area is 120 Å². The van der Waals surface area contributed by atoms with Gasteiger partial charge in [0.05, 0.1) is 12.9 Å². The lowest BCUT2D eigenvalue weighted by Crippen LogP contribution is -2.23. The van der Waals surface area contributed by atoms with Crippen molar-refractivity contribution in [2.75, 3.05) is 0 Å². The van der Waals surface area contributed by atoms with Crippen molar-refractivity contribution in [1.82, 2.24) is 14.9 Å². The molecule has 2 aromatic heterocycles. The average Bonchev–Trinajstić information content (AvgIpc) is 3.04. The van der Waals surface area contributed by atoms with Crippen molar-refractivity contribution >= 4 is 27.3 Å². The van der Waals surface area contributed by atoms with Crippen LogP contribution in [0, 0.1) is 0 Å². The molecule has 108 valence electrons. The summed E-state index contributed by atoms with van der Waals surface area (Å²) in [6, 6.07) is 3.08. The molecule has 0 bridgehead atoms. The van der Waals surface area contributed by atoms with Crippen LogP contribution in [0.25, 0.3) is 0 Å². The molecule has 2 aromatic rings. The fourth-order valence-electron chi connectivity index (χ4n) is 1.53. The van der Waals surface area contributed by atoms with Gasteiger partial charge in [-0.15, -0.1) is 11.3 Å². The molecule has 0 aromatic carbocycles. The number of amides is 1. The zero-order chi connectivity index (χ0) is 14.6. The second kappa shape index (κ2) is 6.16. The second-order valence-corrected chi connectivity index (χ2v) is 7.05. The number of aryl methyl sites for hydroxylation is 1. The molecule has 0 atom stereocenters. The molecule has 2 heterocycles. The highest BCUT2D eigenvalue weighted by Crippen LogP contribution is 2.19. The Morgan fingerprint density at radius 2 is 2.25 bits per heavy atom. The predicted molar refractivity (Wildman–Crippen MR) is 74.4 cm³/mol. The first-order valence-corrected chi connectivity index (χ1v) is 8.15. The molecule has 20 heavy (non-hydrogen) atoms. The molecular weight excluding hydrogens is 300 g/mol. The Balaban J connectivity index is 1.80. The second-order valence-electron chi connectivity index (χ2n) is 4.09. The normalized spacial score (nSPS) is 11.4. The van der Waals surface area contributed by atoms with E-state index in [0.29, 0.717) is 19.5 Å². The molecule has 9 heteroatoms. The van der Waals surface area contributed by atoms with E-state index < -0.39 is 10.0 Å². The molecular formula is C11H14N4O3S2. The number of hydrogen-bond acceptors (Lipinski definition) is 5. The van der Waals surface area contributed by atoms with Gasteiger partial charge in [0, 0.05) is 30.2 Å². The highest BCUT2D eigenvalue weighted by atomic mass is 32.2. The summed E-state index contributed by atoms with van der Waals surface area (Å²) < 4.78 is 24.1. The van der Waals surface area contributed by atoms with Gasteiger partial charge in [0.1, 0.15) is 4.21 Å². The summed E-state index contributed by atoms with van der Waals surface area (Å²) >= 11 is 1.05. The van der Waals surface area contributed by atoms with Gasteiger partial charge >= 0.3 is 0 Å². The molecule has 2 rings (SSSR count). The summed E-state index contributed by atoms with van der Waals surface area (Å²) in [6.07, 6.45) is 5.41. The summed E-state index contributed by atoms with van der Waals surface area (Å²) in [7, 11) is -3.66. The summed E-state index contributed by atoms with van der Waals surface area (Å²) in [6.45, 7) is 0.849. The Morgan fingerprint density at radius 1 is 1.45 bits per heavy atom. The third-order valence-corrected chi connectivity index (χ3v) is 5.06. The van der Waals surface area contributed by atoms with Crippen molar-refractivity contribution in [2.24, 2.45) is 5.14 Å². The lowest BCUT2D eigenvalue weighted by atomic mass is 10.4. The van der Waals surface area contributed by atoms with Crippen molar-refractivity contribution in [2.45, 2.75) is 23.7 Å². The number of imidazole rings is 1. The van der Waals surface area contributed by atoms with Gasteiger partial charge in [-0.25, -0.2) is 18.5 Å². The summed E-state index contributed by atoms with van der Waals surface area (Å²) in [5, 5.41) is 7.74. The number of thiophene rings is 1. The smallest absolute Gasteiger partial charge is 0.247 e. The minimum atomic E-state index is -3.66.